The molecule has 1 aliphatic carbocycles. The first-order chi connectivity index (χ1) is 6.75. The topological polar surface area (TPSA) is 45.1 Å². The van der Waals surface area contributed by atoms with Crippen molar-refractivity contribution in [1.82, 2.24) is 10.3 Å². The number of aromatic hydroxyl groups is 1. The zero-order valence-corrected chi connectivity index (χ0v) is 8.40. The van der Waals surface area contributed by atoms with Gasteiger partial charge in [-0.15, -0.1) is 0 Å². The number of rotatable bonds is 4. The third-order valence-electron chi connectivity index (χ3n) is 2.74. The highest BCUT2D eigenvalue weighted by Gasteiger charge is 2.27. The van der Waals surface area contributed by atoms with E-state index in [9.17, 15) is 0 Å². The standard InChI is InChI=1S/C11H16N2O/c1-8(9-2-3-9)12-6-10-4-5-11(14)7-13-10/h4-5,7-9,12,14H,2-3,6H2,1H3. The summed E-state index contributed by atoms with van der Waals surface area (Å²) < 4.78 is 0. The second-order valence-corrected chi connectivity index (χ2v) is 4.01. The molecule has 1 heterocycles. The van der Waals surface area contributed by atoms with Crippen molar-refractivity contribution in [3.63, 3.8) is 0 Å². The summed E-state index contributed by atoms with van der Waals surface area (Å²) in [6.45, 7) is 3.01. The van der Waals surface area contributed by atoms with Crippen LogP contribution in [0.25, 0.3) is 0 Å². The number of nitrogens with zero attached hydrogens (tertiary/aromatic N) is 1. The maximum absolute atomic E-state index is 9.05. The monoisotopic (exact) mass is 192 g/mol. The van der Waals surface area contributed by atoms with Gasteiger partial charge in [-0.3, -0.25) is 4.98 Å². The largest absolute Gasteiger partial charge is 0.506 e. The van der Waals surface area contributed by atoms with E-state index in [1.807, 2.05) is 6.07 Å². The molecule has 0 saturated heterocycles. The predicted octanol–water partition coefficient (Wildman–Crippen LogP) is 1.68. The van der Waals surface area contributed by atoms with Crippen molar-refractivity contribution < 1.29 is 5.11 Å². The Morgan fingerprint density at radius 2 is 2.36 bits per heavy atom. The summed E-state index contributed by atoms with van der Waals surface area (Å²) in [4.78, 5) is 4.12. The van der Waals surface area contributed by atoms with Gasteiger partial charge in [-0.25, -0.2) is 0 Å². The van der Waals surface area contributed by atoms with Crippen molar-refractivity contribution in [2.24, 2.45) is 5.92 Å². The molecule has 0 spiro atoms. The average Bonchev–Trinajstić information content (AvgIpc) is 3.00. The molecule has 0 bridgehead atoms. The van der Waals surface area contributed by atoms with E-state index in [0.29, 0.717) is 6.04 Å². The maximum Gasteiger partial charge on any atom is 0.133 e. The van der Waals surface area contributed by atoms with Gasteiger partial charge >= 0.3 is 0 Å². The molecule has 14 heavy (non-hydrogen) atoms. The number of aromatic nitrogens is 1. The predicted molar refractivity (Wildman–Crippen MR) is 54.9 cm³/mol. The second-order valence-electron chi connectivity index (χ2n) is 4.01. The second kappa shape index (κ2) is 3.96. The van der Waals surface area contributed by atoms with Crippen LogP contribution in [0, 0.1) is 5.92 Å². The molecule has 0 amide bonds. The Bertz CT molecular complexity index is 293. The Morgan fingerprint density at radius 3 is 2.93 bits per heavy atom. The van der Waals surface area contributed by atoms with Crippen molar-refractivity contribution in [3.05, 3.63) is 24.0 Å². The molecule has 1 saturated carbocycles. The van der Waals surface area contributed by atoms with Crippen LogP contribution in [0.3, 0.4) is 0 Å². The van der Waals surface area contributed by atoms with Crippen molar-refractivity contribution in [1.29, 1.82) is 0 Å². The number of pyridine rings is 1. The van der Waals surface area contributed by atoms with Gasteiger partial charge in [0.25, 0.3) is 0 Å². The number of hydrogen-bond donors (Lipinski definition) is 2. The van der Waals surface area contributed by atoms with Gasteiger partial charge in [0, 0.05) is 12.6 Å². The molecular weight excluding hydrogens is 176 g/mol. The lowest BCUT2D eigenvalue weighted by molar-refractivity contribution is 0.469. The summed E-state index contributed by atoms with van der Waals surface area (Å²) in [6, 6.07) is 4.11. The minimum atomic E-state index is 0.226. The van der Waals surface area contributed by atoms with Gasteiger partial charge in [0.15, 0.2) is 0 Å². The molecule has 1 aromatic rings. The fourth-order valence-corrected chi connectivity index (χ4v) is 1.55. The molecule has 1 aliphatic rings. The molecule has 1 atom stereocenters. The van der Waals surface area contributed by atoms with Crippen LogP contribution in [0.15, 0.2) is 18.3 Å². The maximum atomic E-state index is 9.05. The molecule has 1 unspecified atom stereocenters. The van der Waals surface area contributed by atoms with Crippen molar-refractivity contribution in [2.45, 2.75) is 32.4 Å². The van der Waals surface area contributed by atoms with Crippen LogP contribution < -0.4 is 5.32 Å². The molecule has 2 rings (SSSR count). The summed E-state index contributed by atoms with van der Waals surface area (Å²) >= 11 is 0. The van der Waals surface area contributed by atoms with E-state index >= 15 is 0 Å². The lowest BCUT2D eigenvalue weighted by Gasteiger charge is -2.11. The molecule has 2 N–H and O–H groups in total. The van der Waals surface area contributed by atoms with E-state index < -0.39 is 0 Å². The fraction of sp³-hybridized carbons (Fsp3) is 0.545. The highest BCUT2D eigenvalue weighted by molar-refractivity contribution is 5.17. The van der Waals surface area contributed by atoms with Crippen LogP contribution in [0.2, 0.25) is 0 Å². The lowest BCUT2D eigenvalue weighted by Crippen LogP contribution is -2.27. The minimum absolute atomic E-state index is 0.226. The third kappa shape index (κ3) is 2.45. The van der Waals surface area contributed by atoms with E-state index in [4.69, 9.17) is 5.11 Å². The Kier molecular flexibility index (Phi) is 2.68. The van der Waals surface area contributed by atoms with E-state index in [1.165, 1.54) is 19.0 Å². The highest BCUT2D eigenvalue weighted by Crippen LogP contribution is 2.32. The average molecular weight is 192 g/mol. The molecule has 76 valence electrons. The SMILES string of the molecule is CC(NCc1ccc(O)cn1)C1CC1. The van der Waals surface area contributed by atoms with E-state index in [1.54, 1.807) is 6.07 Å². The zero-order valence-electron chi connectivity index (χ0n) is 8.40. The molecule has 1 fully saturated rings. The van der Waals surface area contributed by atoms with Gasteiger partial charge in [0.2, 0.25) is 0 Å². The number of hydrogen-bond acceptors (Lipinski definition) is 3. The highest BCUT2D eigenvalue weighted by atomic mass is 16.3. The van der Waals surface area contributed by atoms with Crippen LogP contribution in [-0.2, 0) is 6.54 Å². The van der Waals surface area contributed by atoms with Crippen molar-refractivity contribution >= 4 is 0 Å². The van der Waals surface area contributed by atoms with Gasteiger partial charge in [-0.05, 0) is 37.8 Å². The van der Waals surface area contributed by atoms with E-state index in [0.717, 1.165) is 18.2 Å². The third-order valence-corrected chi connectivity index (χ3v) is 2.74. The van der Waals surface area contributed by atoms with Crippen LogP contribution in [0.1, 0.15) is 25.5 Å². The summed E-state index contributed by atoms with van der Waals surface area (Å²) in [6.07, 6.45) is 4.20. The summed E-state index contributed by atoms with van der Waals surface area (Å²) in [5, 5.41) is 12.5. The smallest absolute Gasteiger partial charge is 0.133 e. The zero-order chi connectivity index (χ0) is 9.97. The Hall–Kier alpha value is -1.09. The van der Waals surface area contributed by atoms with Crippen LogP contribution >= 0.6 is 0 Å². The Balaban J connectivity index is 1.82. The molecule has 0 aliphatic heterocycles. The van der Waals surface area contributed by atoms with Gasteiger partial charge in [-0.1, -0.05) is 0 Å². The first-order valence-corrected chi connectivity index (χ1v) is 5.13. The Morgan fingerprint density at radius 1 is 1.57 bits per heavy atom. The van der Waals surface area contributed by atoms with Gasteiger partial charge in [0.1, 0.15) is 5.75 Å². The molecule has 3 heteroatoms. The van der Waals surface area contributed by atoms with Crippen molar-refractivity contribution in [2.75, 3.05) is 0 Å². The molecule has 3 nitrogen and oxygen atoms in total. The summed E-state index contributed by atoms with van der Waals surface area (Å²) in [7, 11) is 0. The van der Waals surface area contributed by atoms with E-state index in [2.05, 4.69) is 17.2 Å². The minimum Gasteiger partial charge on any atom is -0.506 e. The van der Waals surface area contributed by atoms with Crippen LogP contribution in [0.5, 0.6) is 5.75 Å². The summed E-state index contributed by atoms with van der Waals surface area (Å²) in [5.41, 5.74) is 0.982. The normalized spacial score (nSPS) is 18.1. The number of nitrogens with one attached hydrogen (secondary N) is 1. The van der Waals surface area contributed by atoms with Crippen molar-refractivity contribution in [3.8, 4) is 5.75 Å². The first-order valence-electron chi connectivity index (χ1n) is 5.13. The molecule has 0 radical (unpaired) electrons. The van der Waals surface area contributed by atoms with Crippen LogP contribution in [-0.4, -0.2) is 16.1 Å². The van der Waals surface area contributed by atoms with Gasteiger partial charge in [-0.2, -0.15) is 0 Å². The first kappa shape index (κ1) is 9.46. The van der Waals surface area contributed by atoms with Crippen LogP contribution in [0.4, 0.5) is 0 Å². The summed E-state index contributed by atoms with van der Waals surface area (Å²) in [5.74, 6) is 1.09. The Labute approximate surface area is 84.2 Å². The molecule has 1 aromatic heterocycles. The lowest BCUT2D eigenvalue weighted by atomic mass is 10.2. The van der Waals surface area contributed by atoms with Gasteiger partial charge in [0.05, 0.1) is 11.9 Å². The van der Waals surface area contributed by atoms with Gasteiger partial charge < -0.3 is 10.4 Å². The quantitative estimate of drug-likeness (QED) is 0.762. The molecular formula is C11H16N2O. The fourth-order valence-electron chi connectivity index (χ4n) is 1.55. The molecule has 0 aromatic carbocycles. The van der Waals surface area contributed by atoms with E-state index in [-0.39, 0.29) is 5.75 Å².